The first-order valence-corrected chi connectivity index (χ1v) is 4.34. The van der Waals surface area contributed by atoms with Crippen molar-refractivity contribution in [3.05, 3.63) is 35.9 Å². The molecule has 0 saturated heterocycles. The fourth-order valence-corrected chi connectivity index (χ4v) is 1.04. The number of hydrogen-bond donors (Lipinski definition) is 4. The molecular formula is C9H14N6. The van der Waals surface area contributed by atoms with Crippen molar-refractivity contribution in [2.45, 2.75) is 6.54 Å². The van der Waals surface area contributed by atoms with Crippen LogP contribution in [0.1, 0.15) is 5.56 Å². The van der Waals surface area contributed by atoms with Gasteiger partial charge in [0.2, 0.25) is 5.96 Å². The van der Waals surface area contributed by atoms with E-state index in [4.69, 9.17) is 22.7 Å². The number of benzene rings is 1. The lowest BCUT2D eigenvalue weighted by Gasteiger charge is -2.15. The fraction of sp³-hybridized carbons (Fsp3) is 0.111. The van der Waals surface area contributed by atoms with Crippen LogP contribution in [0.25, 0.3) is 0 Å². The minimum absolute atomic E-state index is 0.168. The molecule has 0 unspecified atom stereocenters. The largest absolute Gasteiger partial charge is 0.370 e. The van der Waals surface area contributed by atoms with E-state index in [9.17, 15) is 0 Å². The van der Waals surface area contributed by atoms with Gasteiger partial charge >= 0.3 is 0 Å². The summed E-state index contributed by atoms with van der Waals surface area (Å²) in [5, 5.41) is 8.59. The van der Waals surface area contributed by atoms with Crippen LogP contribution in [0.15, 0.2) is 35.3 Å². The summed E-state index contributed by atoms with van der Waals surface area (Å²) in [4.78, 5) is 3.53. The Bertz CT molecular complexity index is 354. The van der Waals surface area contributed by atoms with Gasteiger partial charge in [0.1, 0.15) is 0 Å². The van der Waals surface area contributed by atoms with Gasteiger partial charge in [0.15, 0.2) is 5.96 Å². The number of hydrogen-bond acceptors (Lipinski definition) is 2. The van der Waals surface area contributed by atoms with E-state index < -0.39 is 0 Å². The molecule has 0 bridgehead atoms. The van der Waals surface area contributed by atoms with E-state index in [1.54, 1.807) is 0 Å². The number of guanidine groups is 2. The predicted octanol–water partition coefficient (Wildman–Crippen LogP) is -0.430. The van der Waals surface area contributed by atoms with E-state index in [0.29, 0.717) is 6.54 Å². The van der Waals surface area contributed by atoms with E-state index in [1.165, 1.54) is 0 Å². The van der Waals surface area contributed by atoms with Crippen LogP contribution < -0.4 is 17.3 Å². The summed E-state index contributed by atoms with van der Waals surface area (Å²) in [6.45, 7) is 0.385. The number of rotatable bonds is 2. The van der Waals surface area contributed by atoms with Gasteiger partial charge in [-0.15, -0.1) is 0 Å². The lowest BCUT2D eigenvalue weighted by atomic mass is 10.2. The second-order valence-corrected chi connectivity index (χ2v) is 2.97. The summed E-state index contributed by atoms with van der Waals surface area (Å²) in [5.74, 6) is 5.24. The molecule has 15 heavy (non-hydrogen) atoms. The quantitative estimate of drug-likeness (QED) is 0.227. The summed E-state index contributed by atoms with van der Waals surface area (Å²) in [6.07, 6.45) is 0. The van der Waals surface area contributed by atoms with Crippen LogP contribution in [-0.4, -0.2) is 16.9 Å². The number of nitrogens with one attached hydrogen (secondary N) is 1. The Morgan fingerprint density at radius 2 is 1.87 bits per heavy atom. The maximum atomic E-state index is 7.43. The van der Waals surface area contributed by atoms with Gasteiger partial charge in [-0.25, -0.2) is 5.84 Å². The van der Waals surface area contributed by atoms with Gasteiger partial charge in [0.25, 0.3) is 0 Å². The average Bonchev–Trinajstić information content (AvgIpc) is 2.18. The molecule has 80 valence electrons. The molecule has 0 atom stereocenters. The molecule has 6 nitrogen and oxygen atoms in total. The molecule has 1 aromatic carbocycles. The summed E-state index contributed by atoms with van der Waals surface area (Å²) >= 11 is 0. The molecule has 7 N–H and O–H groups in total. The van der Waals surface area contributed by atoms with Crippen molar-refractivity contribution in [1.82, 2.24) is 5.01 Å². The number of nitrogens with zero attached hydrogens (tertiary/aromatic N) is 2. The Morgan fingerprint density at radius 1 is 1.27 bits per heavy atom. The monoisotopic (exact) mass is 206 g/mol. The van der Waals surface area contributed by atoms with Gasteiger partial charge in [-0.3, -0.25) is 10.4 Å². The van der Waals surface area contributed by atoms with Crippen LogP contribution in [-0.2, 0) is 6.54 Å². The van der Waals surface area contributed by atoms with Gasteiger partial charge in [0, 0.05) is 0 Å². The molecule has 0 saturated carbocycles. The van der Waals surface area contributed by atoms with Gasteiger partial charge < -0.3 is 11.5 Å². The zero-order valence-electron chi connectivity index (χ0n) is 8.22. The lowest BCUT2D eigenvalue weighted by molar-refractivity contribution is 0.426. The molecule has 0 aliphatic heterocycles. The third-order valence-electron chi connectivity index (χ3n) is 1.70. The van der Waals surface area contributed by atoms with Crippen LogP contribution in [0.2, 0.25) is 0 Å². The van der Waals surface area contributed by atoms with E-state index in [-0.39, 0.29) is 11.9 Å². The molecule has 0 aliphatic carbocycles. The Hall–Kier alpha value is -2.08. The molecule has 1 rings (SSSR count). The highest BCUT2D eigenvalue weighted by Gasteiger charge is 2.04. The van der Waals surface area contributed by atoms with E-state index in [2.05, 4.69) is 4.99 Å². The standard InChI is InChI=1S/C9H14N6/c10-8(11)14-9(12)15(13)6-7-4-2-1-3-5-7/h1-5H,6,13H2,(H5,10,11,12,14). The highest BCUT2D eigenvalue weighted by Crippen LogP contribution is 2.01. The van der Waals surface area contributed by atoms with Crippen molar-refractivity contribution in [2.24, 2.45) is 22.3 Å². The van der Waals surface area contributed by atoms with Crippen LogP contribution in [0.4, 0.5) is 0 Å². The highest BCUT2D eigenvalue weighted by molar-refractivity contribution is 5.91. The zero-order valence-corrected chi connectivity index (χ0v) is 8.22. The highest BCUT2D eigenvalue weighted by atomic mass is 15.5. The lowest BCUT2D eigenvalue weighted by Crippen LogP contribution is -2.37. The first-order valence-electron chi connectivity index (χ1n) is 4.34. The van der Waals surface area contributed by atoms with Crippen LogP contribution in [0.3, 0.4) is 0 Å². The Labute approximate surface area is 87.9 Å². The maximum Gasteiger partial charge on any atom is 0.235 e. The molecule has 6 heteroatoms. The van der Waals surface area contributed by atoms with Crippen molar-refractivity contribution in [3.63, 3.8) is 0 Å². The molecule has 0 radical (unpaired) electrons. The molecule has 0 amide bonds. The minimum Gasteiger partial charge on any atom is -0.370 e. The molecule has 0 spiro atoms. The Kier molecular flexibility index (Phi) is 3.64. The van der Waals surface area contributed by atoms with Crippen LogP contribution >= 0.6 is 0 Å². The van der Waals surface area contributed by atoms with Crippen LogP contribution in [0.5, 0.6) is 0 Å². The average molecular weight is 206 g/mol. The molecular weight excluding hydrogens is 192 g/mol. The van der Waals surface area contributed by atoms with Gasteiger partial charge in [-0.1, -0.05) is 30.3 Å². The van der Waals surface area contributed by atoms with Crippen molar-refractivity contribution < 1.29 is 0 Å². The molecule has 0 aromatic heterocycles. The van der Waals surface area contributed by atoms with E-state index in [1.807, 2.05) is 30.3 Å². The third kappa shape index (κ3) is 3.65. The fourth-order valence-electron chi connectivity index (χ4n) is 1.04. The molecule has 1 aromatic rings. The Balaban J connectivity index is 2.60. The third-order valence-corrected chi connectivity index (χ3v) is 1.70. The van der Waals surface area contributed by atoms with Crippen LogP contribution in [0, 0.1) is 5.41 Å². The summed E-state index contributed by atoms with van der Waals surface area (Å²) < 4.78 is 0. The van der Waals surface area contributed by atoms with Gasteiger partial charge in [-0.2, -0.15) is 4.99 Å². The Morgan fingerprint density at radius 3 is 2.40 bits per heavy atom. The molecule has 0 fully saturated rings. The smallest absolute Gasteiger partial charge is 0.235 e. The van der Waals surface area contributed by atoms with Gasteiger partial charge in [0.05, 0.1) is 6.54 Å². The first kappa shape index (κ1) is 11.0. The normalized spacial score (nSPS) is 9.40. The summed E-state index contributed by atoms with van der Waals surface area (Å²) in [7, 11) is 0. The minimum atomic E-state index is -0.177. The topological polar surface area (TPSA) is 118 Å². The van der Waals surface area contributed by atoms with Crippen molar-refractivity contribution in [1.29, 1.82) is 5.41 Å². The zero-order chi connectivity index (χ0) is 11.3. The predicted molar refractivity (Wildman–Crippen MR) is 59.7 cm³/mol. The second kappa shape index (κ2) is 4.97. The van der Waals surface area contributed by atoms with E-state index in [0.717, 1.165) is 10.6 Å². The number of nitrogens with two attached hydrogens (primary N) is 3. The maximum absolute atomic E-state index is 7.43. The summed E-state index contributed by atoms with van der Waals surface area (Å²) in [6, 6.07) is 9.51. The number of aliphatic imine (C=N–C) groups is 1. The first-order chi connectivity index (χ1) is 7.09. The van der Waals surface area contributed by atoms with Gasteiger partial charge in [-0.05, 0) is 5.56 Å². The van der Waals surface area contributed by atoms with E-state index >= 15 is 0 Å². The van der Waals surface area contributed by atoms with Crippen molar-refractivity contribution >= 4 is 11.9 Å². The molecule has 0 aliphatic rings. The summed E-state index contributed by atoms with van der Waals surface area (Å²) in [5.41, 5.74) is 11.2. The molecule has 0 heterocycles. The second-order valence-electron chi connectivity index (χ2n) is 2.97. The number of hydrazine groups is 1. The SMILES string of the molecule is N=C(N=C(N)N)N(N)Cc1ccccc1. The van der Waals surface area contributed by atoms with Crippen molar-refractivity contribution in [2.75, 3.05) is 0 Å². The van der Waals surface area contributed by atoms with Crippen molar-refractivity contribution in [3.8, 4) is 0 Å².